The Morgan fingerprint density at radius 1 is 1.14 bits per heavy atom. The third-order valence-corrected chi connectivity index (χ3v) is 3.30. The summed E-state index contributed by atoms with van der Waals surface area (Å²) in [7, 11) is 1.74. The topological polar surface area (TPSA) is 65.5 Å². The first kappa shape index (κ1) is 18.3. The highest BCUT2D eigenvalue weighted by molar-refractivity contribution is 6.30. The number of carbonyl (C=O) groups excluding carboxylic acids is 1. The molecule has 1 rings (SSSR count). The molecular formula is C16H25ClN4O. The fraction of sp³-hybridized carbons (Fsp3) is 0.500. The molecular weight excluding hydrogens is 300 g/mol. The predicted octanol–water partition coefficient (Wildman–Crippen LogP) is 3.02. The Labute approximate surface area is 137 Å². The summed E-state index contributed by atoms with van der Waals surface area (Å²) < 4.78 is 0. The molecule has 6 heteroatoms. The van der Waals surface area contributed by atoms with Crippen LogP contribution in [0, 0.1) is 0 Å². The van der Waals surface area contributed by atoms with Gasteiger partial charge in [0, 0.05) is 37.3 Å². The number of halogens is 1. The maximum Gasteiger partial charge on any atom is 0.224 e. The van der Waals surface area contributed by atoms with Crippen LogP contribution in [-0.2, 0) is 4.79 Å². The quantitative estimate of drug-likeness (QED) is 0.391. The van der Waals surface area contributed by atoms with Crippen molar-refractivity contribution in [2.75, 3.05) is 25.5 Å². The zero-order chi connectivity index (χ0) is 16.2. The van der Waals surface area contributed by atoms with Gasteiger partial charge in [0.05, 0.1) is 0 Å². The Morgan fingerprint density at radius 3 is 2.36 bits per heavy atom. The molecule has 0 aliphatic carbocycles. The molecule has 0 unspecified atom stereocenters. The second kappa shape index (κ2) is 10.9. The second-order valence-electron chi connectivity index (χ2n) is 4.94. The lowest BCUT2D eigenvalue weighted by molar-refractivity contribution is -0.116. The molecule has 1 aromatic rings. The average Bonchev–Trinajstić information content (AvgIpc) is 2.52. The number of benzene rings is 1. The number of anilines is 1. The number of hydrogen-bond acceptors (Lipinski definition) is 2. The number of nitrogens with one attached hydrogen (secondary N) is 3. The van der Waals surface area contributed by atoms with Crippen LogP contribution in [0.1, 0.15) is 32.6 Å². The summed E-state index contributed by atoms with van der Waals surface area (Å²) in [4.78, 5) is 15.9. The van der Waals surface area contributed by atoms with Crippen molar-refractivity contribution < 1.29 is 4.79 Å². The highest BCUT2D eigenvalue weighted by Crippen LogP contribution is 2.13. The van der Waals surface area contributed by atoms with Crippen LogP contribution < -0.4 is 16.0 Å². The lowest BCUT2D eigenvalue weighted by Gasteiger charge is -2.11. The fourth-order valence-corrected chi connectivity index (χ4v) is 1.94. The summed E-state index contributed by atoms with van der Waals surface area (Å²) in [5, 5.41) is 9.92. The van der Waals surface area contributed by atoms with E-state index in [9.17, 15) is 4.79 Å². The summed E-state index contributed by atoms with van der Waals surface area (Å²) in [6.45, 7) is 3.77. The minimum atomic E-state index is -0.00180. The Balaban J connectivity index is 2.17. The van der Waals surface area contributed by atoms with Crippen LogP contribution in [0.15, 0.2) is 29.3 Å². The molecule has 0 atom stereocenters. The van der Waals surface area contributed by atoms with Gasteiger partial charge in [0.1, 0.15) is 0 Å². The molecule has 0 aliphatic rings. The van der Waals surface area contributed by atoms with Crippen molar-refractivity contribution in [1.29, 1.82) is 0 Å². The first-order chi connectivity index (χ1) is 10.7. The largest absolute Gasteiger partial charge is 0.356 e. The van der Waals surface area contributed by atoms with Crippen LogP contribution in [0.2, 0.25) is 5.02 Å². The van der Waals surface area contributed by atoms with Gasteiger partial charge in [-0.15, -0.1) is 0 Å². The monoisotopic (exact) mass is 324 g/mol. The highest BCUT2D eigenvalue weighted by Gasteiger charge is 2.03. The molecule has 122 valence electrons. The zero-order valence-electron chi connectivity index (χ0n) is 13.3. The van der Waals surface area contributed by atoms with Crippen LogP contribution in [0.4, 0.5) is 5.69 Å². The van der Waals surface area contributed by atoms with Gasteiger partial charge >= 0.3 is 0 Å². The number of nitrogens with zero attached hydrogens (tertiary/aromatic N) is 1. The highest BCUT2D eigenvalue weighted by atomic mass is 35.5. The van der Waals surface area contributed by atoms with Gasteiger partial charge in [-0.1, -0.05) is 24.9 Å². The van der Waals surface area contributed by atoms with Gasteiger partial charge in [-0.3, -0.25) is 9.79 Å². The van der Waals surface area contributed by atoms with Crippen LogP contribution in [0.3, 0.4) is 0 Å². The molecule has 1 amide bonds. The number of rotatable bonds is 8. The van der Waals surface area contributed by atoms with Crippen LogP contribution in [0.25, 0.3) is 0 Å². The molecule has 0 aromatic heterocycles. The van der Waals surface area contributed by atoms with Crippen molar-refractivity contribution in [3.05, 3.63) is 29.3 Å². The van der Waals surface area contributed by atoms with E-state index in [1.165, 1.54) is 0 Å². The van der Waals surface area contributed by atoms with Gasteiger partial charge in [-0.2, -0.15) is 0 Å². The van der Waals surface area contributed by atoms with Crippen molar-refractivity contribution in [2.24, 2.45) is 4.99 Å². The zero-order valence-corrected chi connectivity index (χ0v) is 14.0. The van der Waals surface area contributed by atoms with E-state index in [-0.39, 0.29) is 5.91 Å². The second-order valence-corrected chi connectivity index (χ2v) is 5.37. The van der Waals surface area contributed by atoms with Gasteiger partial charge < -0.3 is 16.0 Å². The van der Waals surface area contributed by atoms with Gasteiger partial charge in [0.25, 0.3) is 0 Å². The Hall–Kier alpha value is -1.75. The summed E-state index contributed by atoms with van der Waals surface area (Å²) in [5.74, 6) is 0.782. The maximum absolute atomic E-state index is 11.8. The SMILES string of the molecule is CCCCNC(=NC)NCCCC(=O)Nc1ccc(Cl)cc1. The molecule has 0 radical (unpaired) electrons. The van der Waals surface area contributed by atoms with Crippen molar-refractivity contribution >= 4 is 29.2 Å². The molecule has 0 heterocycles. The molecule has 0 bridgehead atoms. The first-order valence-electron chi connectivity index (χ1n) is 7.65. The van der Waals surface area contributed by atoms with Crippen molar-refractivity contribution in [3.63, 3.8) is 0 Å². The Morgan fingerprint density at radius 2 is 1.77 bits per heavy atom. The van der Waals surface area contributed by atoms with Crippen LogP contribution in [0.5, 0.6) is 0 Å². The molecule has 1 aromatic carbocycles. The fourth-order valence-electron chi connectivity index (χ4n) is 1.82. The number of carbonyl (C=O) groups is 1. The molecule has 0 saturated heterocycles. The van der Waals surface area contributed by atoms with Crippen LogP contribution >= 0.6 is 11.6 Å². The number of aliphatic imine (C=N–C) groups is 1. The number of guanidine groups is 1. The standard InChI is InChI=1S/C16H25ClN4O/c1-3-4-11-19-16(18-2)20-12-5-6-15(22)21-14-9-7-13(17)8-10-14/h7-10H,3-6,11-12H2,1-2H3,(H,21,22)(H2,18,19,20). The molecule has 0 aliphatic heterocycles. The molecule has 22 heavy (non-hydrogen) atoms. The normalized spacial score (nSPS) is 11.1. The third kappa shape index (κ3) is 7.88. The summed E-state index contributed by atoms with van der Waals surface area (Å²) in [6.07, 6.45) is 3.47. The van der Waals surface area contributed by atoms with Gasteiger partial charge in [0.15, 0.2) is 5.96 Å². The van der Waals surface area contributed by atoms with Crippen LogP contribution in [-0.4, -0.2) is 32.0 Å². The molecule has 0 saturated carbocycles. The number of hydrogen-bond donors (Lipinski definition) is 3. The van der Waals surface area contributed by atoms with E-state index in [1.807, 2.05) is 0 Å². The number of unbranched alkanes of at least 4 members (excludes halogenated alkanes) is 1. The minimum Gasteiger partial charge on any atom is -0.356 e. The Kier molecular flexibility index (Phi) is 9.07. The maximum atomic E-state index is 11.8. The lowest BCUT2D eigenvalue weighted by atomic mass is 10.2. The number of amides is 1. The minimum absolute atomic E-state index is 0.00180. The third-order valence-electron chi connectivity index (χ3n) is 3.05. The summed E-state index contributed by atoms with van der Waals surface area (Å²) >= 11 is 5.80. The molecule has 0 fully saturated rings. The molecule has 0 spiro atoms. The van der Waals surface area contributed by atoms with Gasteiger partial charge in [-0.25, -0.2) is 0 Å². The predicted molar refractivity (Wildman–Crippen MR) is 93.6 cm³/mol. The van der Waals surface area contributed by atoms with E-state index < -0.39 is 0 Å². The summed E-state index contributed by atoms with van der Waals surface area (Å²) in [5.41, 5.74) is 0.763. The molecule has 5 nitrogen and oxygen atoms in total. The van der Waals surface area contributed by atoms with Crippen molar-refractivity contribution in [2.45, 2.75) is 32.6 Å². The van der Waals surface area contributed by atoms with Gasteiger partial charge in [0.2, 0.25) is 5.91 Å². The first-order valence-corrected chi connectivity index (χ1v) is 8.03. The van der Waals surface area contributed by atoms with E-state index in [1.54, 1.807) is 31.3 Å². The lowest BCUT2D eigenvalue weighted by Crippen LogP contribution is -2.38. The van der Waals surface area contributed by atoms with Gasteiger partial charge in [-0.05, 0) is 37.1 Å². The van der Waals surface area contributed by atoms with E-state index in [0.717, 1.165) is 37.5 Å². The average molecular weight is 325 g/mol. The summed E-state index contributed by atoms with van der Waals surface area (Å²) in [6, 6.07) is 7.09. The van der Waals surface area contributed by atoms with Crippen molar-refractivity contribution in [3.8, 4) is 0 Å². The van der Waals surface area contributed by atoms with E-state index in [0.29, 0.717) is 18.0 Å². The Bertz CT molecular complexity index is 474. The molecule has 3 N–H and O–H groups in total. The van der Waals surface area contributed by atoms with E-state index in [2.05, 4.69) is 27.9 Å². The van der Waals surface area contributed by atoms with E-state index in [4.69, 9.17) is 11.6 Å². The van der Waals surface area contributed by atoms with E-state index >= 15 is 0 Å². The smallest absolute Gasteiger partial charge is 0.224 e. The van der Waals surface area contributed by atoms with Crippen molar-refractivity contribution in [1.82, 2.24) is 10.6 Å².